The van der Waals surface area contributed by atoms with Crippen LogP contribution in [0.3, 0.4) is 0 Å². The maximum Gasteiger partial charge on any atom is 0.0328 e. The van der Waals surface area contributed by atoms with E-state index in [9.17, 15) is 0 Å². The average Bonchev–Trinajstić information content (AvgIpc) is 2.77. The zero-order valence-electron chi connectivity index (χ0n) is 11.7. The summed E-state index contributed by atoms with van der Waals surface area (Å²) in [5, 5.41) is 3.39. The predicted octanol–water partition coefficient (Wildman–Crippen LogP) is 3.48. The van der Waals surface area contributed by atoms with Crippen LogP contribution in [0, 0.1) is 5.92 Å². The Bertz CT molecular complexity index is 344. The molecular weight excluding hydrogens is 240 g/mol. The van der Waals surface area contributed by atoms with Crippen molar-refractivity contribution in [2.45, 2.75) is 46.2 Å². The first-order chi connectivity index (χ1) is 8.81. The third-order valence-corrected chi connectivity index (χ3v) is 4.90. The van der Waals surface area contributed by atoms with Gasteiger partial charge >= 0.3 is 0 Å². The van der Waals surface area contributed by atoms with Gasteiger partial charge in [-0.2, -0.15) is 0 Å². The van der Waals surface area contributed by atoms with Gasteiger partial charge in [0, 0.05) is 29.4 Å². The number of nitrogens with zero attached hydrogens (tertiary/aromatic N) is 1. The molecule has 1 fully saturated rings. The number of nitrogens with one attached hydrogen (secondary N) is 1. The van der Waals surface area contributed by atoms with E-state index in [0.717, 1.165) is 25.6 Å². The maximum absolute atomic E-state index is 3.39. The lowest BCUT2D eigenvalue weighted by Gasteiger charge is -2.31. The third kappa shape index (κ3) is 4.08. The summed E-state index contributed by atoms with van der Waals surface area (Å²) in [5.41, 5.74) is 0. The second kappa shape index (κ2) is 7.27. The van der Waals surface area contributed by atoms with Crippen molar-refractivity contribution in [3.8, 4) is 0 Å². The molecule has 1 aromatic heterocycles. The molecule has 1 heterocycles. The Kier molecular flexibility index (Phi) is 5.67. The van der Waals surface area contributed by atoms with Gasteiger partial charge in [-0.3, -0.25) is 4.90 Å². The van der Waals surface area contributed by atoms with Crippen molar-refractivity contribution in [3.05, 3.63) is 21.9 Å². The number of rotatable bonds is 8. The second-order valence-electron chi connectivity index (χ2n) is 5.27. The van der Waals surface area contributed by atoms with Crippen LogP contribution in [-0.2, 0) is 13.1 Å². The molecule has 1 aliphatic carbocycles. The highest BCUT2D eigenvalue weighted by Crippen LogP contribution is 2.28. The summed E-state index contributed by atoms with van der Waals surface area (Å²) < 4.78 is 0. The number of thiophene rings is 1. The Morgan fingerprint density at radius 1 is 1.28 bits per heavy atom. The van der Waals surface area contributed by atoms with Crippen LogP contribution >= 0.6 is 11.3 Å². The lowest BCUT2D eigenvalue weighted by molar-refractivity contribution is 0.179. The first-order valence-corrected chi connectivity index (χ1v) is 8.14. The van der Waals surface area contributed by atoms with E-state index in [-0.39, 0.29) is 0 Å². The molecule has 2 rings (SSSR count). The van der Waals surface area contributed by atoms with Crippen molar-refractivity contribution >= 4 is 11.3 Å². The van der Waals surface area contributed by atoms with Gasteiger partial charge in [-0.25, -0.2) is 0 Å². The summed E-state index contributed by atoms with van der Waals surface area (Å²) >= 11 is 1.97. The summed E-state index contributed by atoms with van der Waals surface area (Å²) in [5.74, 6) is 0.978. The van der Waals surface area contributed by atoms with Crippen LogP contribution in [-0.4, -0.2) is 24.5 Å². The third-order valence-electron chi connectivity index (χ3n) is 3.83. The fourth-order valence-electron chi connectivity index (χ4n) is 2.42. The van der Waals surface area contributed by atoms with E-state index < -0.39 is 0 Å². The minimum Gasteiger partial charge on any atom is -0.312 e. The molecule has 102 valence electrons. The zero-order chi connectivity index (χ0) is 12.8. The van der Waals surface area contributed by atoms with Gasteiger partial charge in [0.25, 0.3) is 0 Å². The lowest BCUT2D eigenvalue weighted by Crippen LogP contribution is -2.31. The summed E-state index contributed by atoms with van der Waals surface area (Å²) in [4.78, 5) is 5.59. The Morgan fingerprint density at radius 2 is 2.06 bits per heavy atom. The topological polar surface area (TPSA) is 15.3 Å². The van der Waals surface area contributed by atoms with Crippen LogP contribution in [0.5, 0.6) is 0 Å². The van der Waals surface area contributed by atoms with Gasteiger partial charge < -0.3 is 5.32 Å². The van der Waals surface area contributed by atoms with Crippen LogP contribution in [0.4, 0.5) is 0 Å². The lowest BCUT2D eigenvalue weighted by atomic mass is 9.85. The van der Waals surface area contributed by atoms with E-state index in [1.165, 1.54) is 42.1 Å². The van der Waals surface area contributed by atoms with Gasteiger partial charge in [0.15, 0.2) is 0 Å². The van der Waals surface area contributed by atoms with Gasteiger partial charge in [-0.05, 0) is 44.0 Å². The molecule has 2 nitrogen and oxygen atoms in total. The SMILES string of the molecule is CCNCc1ccc(CN(CC)CC2CCC2)s1. The van der Waals surface area contributed by atoms with Crippen LogP contribution < -0.4 is 5.32 Å². The molecule has 1 saturated carbocycles. The molecule has 3 heteroatoms. The Labute approximate surface area is 115 Å². The van der Waals surface area contributed by atoms with Crippen molar-refractivity contribution in [1.82, 2.24) is 10.2 Å². The molecule has 1 N–H and O–H groups in total. The molecule has 1 aliphatic rings. The number of hydrogen-bond acceptors (Lipinski definition) is 3. The van der Waals surface area contributed by atoms with Gasteiger partial charge in [-0.1, -0.05) is 20.3 Å². The molecule has 0 aliphatic heterocycles. The van der Waals surface area contributed by atoms with Crippen molar-refractivity contribution in [3.63, 3.8) is 0 Å². The fourth-order valence-corrected chi connectivity index (χ4v) is 3.45. The minimum atomic E-state index is 0.978. The van der Waals surface area contributed by atoms with E-state index in [2.05, 4.69) is 36.2 Å². The van der Waals surface area contributed by atoms with E-state index in [0.29, 0.717) is 0 Å². The van der Waals surface area contributed by atoms with Crippen LogP contribution in [0.1, 0.15) is 42.9 Å². The molecular formula is C15H26N2S. The van der Waals surface area contributed by atoms with Crippen molar-refractivity contribution in [2.75, 3.05) is 19.6 Å². The highest BCUT2D eigenvalue weighted by atomic mass is 32.1. The standard InChI is InChI=1S/C15H26N2S/c1-3-16-10-14-8-9-15(18-14)12-17(4-2)11-13-6-5-7-13/h8-9,13,16H,3-7,10-12H2,1-2H3. The predicted molar refractivity (Wildman–Crippen MR) is 80.0 cm³/mol. The Morgan fingerprint density at radius 3 is 2.67 bits per heavy atom. The monoisotopic (exact) mass is 266 g/mol. The van der Waals surface area contributed by atoms with Crippen molar-refractivity contribution < 1.29 is 0 Å². The van der Waals surface area contributed by atoms with Crippen molar-refractivity contribution in [1.29, 1.82) is 0 Å². The van der Waals surface area contributed by atoms with Gasteiger partial charge in [-0.15, -0.1) is 11.3 Å². The van der Waals surface area contributed by atoms with E-state index >= 15 is 0 Å². The fraction of sp³-hybridized carbons (Fsp3) is 0.733. The molecule has 0 atom stereocenters. The summed E-state index contributed by atoms with van der Waals surface area (Å²) in [6, 6.07) is 4.58. The first kappa shape index (κ1) is 14.0. The van der Waals surface area contributed by atoms with Crippen LogP contribution in [0.2, 0.25) is 0 Å². The highest BCUT2D eigenvalue weighted by Gasteiger charge is 2.20. The molecule has 1 aromatic rings. The molecule has 0 radical (unpaired) electrons. The molecule has 0 aromatic carbocycles. The second-order valence-corrected chi connectivity index (χ2v) is 6.53. The molecule has 0 spiro atoms. The molecule has 0 bridgehead atoms. The largest absolute Gasteiger partial charge is 0.312 e. The van der Waals surface area contributed by atoms with E-state index in [4.69, 9.17) is 0 Å². The molecule has 18 heavy (non-hydrogen) atoms. The average molecular weight is 266 g/mol. The molecule has 0 unspecified atom stereocenters. The van der Waals surface area contributed by atoms with E-state index in [1.807, 2.05) is 11.3 Å². The highest BCUT2D eigenvalue weighted by molar-refractivity contribution is 7.11. The van der Waals surface area contributed by atoms with Crippen molar-refractivity contribution in [2.24, 2.45) is 5.92 Å². The summed E-state index contributed by atoms with van der Waals surface area (Å²) in [7, 11) is 0. The van der Waals surface area contributed by atoms with Gasteiger partial charge in [0.2, 0.25) is 0 Å². The van der Waals surface area contributed by atoms with Gasteiger partial charge in [0.1, 0.15) is 0 Å². The van der Waals surface area contributed by atoms with E-state index in [1.54, 1.807) is 0 Å². The molecule has 0 amide bonds. The molecule has 0 saturated heterocycles. The smallest absolute Gasteiger partial charge is 0.0328 e. The minimum absolute atomic E-state index is 0.978. The Hall–Kier alpha value is -0.380. The normalized spacial score (nSPS) is 16.2. The Balaban J connectivity index is 1.80. The van der Waals surface area contributed by atoms with Crippen LogP contribution in [0.25, 0.3) is 0 Å². The zero-order valence-corrected chi connectivity index (χ0v) is 12.6. The number of hydrogen-bond donors (Lipinski definition) is 1. The summed E-state index contributed by atoms with van der Waals surface area (Å²) in [6.45, 7) is 10.1. The van der Waals surface area contributed by atoms with Crippen LogP contribution in [0.15, 0.2) is 12.1 Å². The first-order valence-electron chi connectivity index (χ1n) is 7.32. The quantitative estimate of drug-likeness (QED) is 0.775. The summed E-state index contributed by atoms with van der Waals surface area (Å²) in [6.07, 6.45) is 4.35. The maximum atomic E-state index is 3.39. The van der Waals surface area contributed by atoms with Gasteiger partial charge in [0.05, 0.1) is 0 Å².